The maximum atomic E-state index is 11.8. The van der Waals surface area contributed by atoms with E-state index >= 15 is 0 Å². The molecular formula is C11H20N2O4. The minimum Gasteiger partial charge on any atom is -0.480 e. The van der Waals surface area contributed by atoms with E-state index in [0.717, 1.165) is 6.42 Å². The summed E-state index contributed by atoms with van der Waals surface area (Å²) in [5.41, 5.74) is 0. The molecule has 0 aromatic rings. The number of likely N-dealkylation sites (tertiary alicyclic amines) is 1. The van der Waals surface area contributed by atoms with Gasteiger partial charge < -0.3 is 20.1 Å². The molecule has 0 radical (unpaired) electrons. The summed E-state index contributed by atoms with van der Waals surface area (Å²) in [4.78, 5) is 24.2. The van der Waals surface area contributed by atoms with Crippen LogP contribution in [0.4, 0.5) is 4.79 Å². The van der Waals surface area contributed by atoms with E-state index in [1.165, 1.54) is 0 Å². The molecule has 0 aromatic carbocycles. The molecule has 98 valence electrons. The van der Waals surface area contributed by atoms with Gasteiger partial charge in [0, 0.05) is 26.1 Å². The summed E-state index contributed by atoms with van der Waals surface area (Å²) < 4.78 is 5.04. The van der Waals surface area contributed by atoms with E-state index in [-0.39, 0.29) is 6.03 Å². The number of methoxy groups -OCH3 is 1. The Morgan fingerprint density at radius 3 is 2.82 bits per heavy atom. The lowest BCUT2D eigenvalue weighted by atomic mass is 10.1. The molecule has 2 N–H and O–H groups in total. The Hall–Kier alpha value is -1.30. The highest BCUT2D eigenvalue weighted by Gasteiger charge is 2.28. The van der Waals surface area contributed by atoms with Crippen LogP contribution in [0, 0.1) is 5.92 Å². The lowest BCUT2D eigenvalue weighted by molar-refractivity contribution is -0.139. The van der Waals surface area contributed by atoms with Crippen molar-refractivity contribution in [2.75, 3.05) is 26.8 Å². The van der Waals surface area contributed by atoms with Crippen molar-refractivity contribution in [3.63, 3.8) is 0 Å². The number of rotatable bonds is 5. The summed E-state index contributed by atoms with van der Waals surface area (Å²) in [7, 11) is 1.64. The molecule has 1 fully saturated rings. The Labute approximate surface area is 101 Å². The zero-order valence-corrected chi connectivity index (χ0v) is 10.3. The van der Waals surface area contributed by atoms with Crippen LogP contribution in [0.5, 0.6) is 0 Å². The minimum absolute atomic E-state index is 0.294. The number of hydrogen-bond acceptors (Lipinski definition) is 3. The number of urea groups is 1. The van der Waals surface area contributed by atoms with Crippen molar-refractivity contribution in [3.05, 3.63) is 0 Å². The molecule has 0 bridgehead atoms. The molecule has 1 aliphatic heterocycles. The molecule has 1 rings (SSSR count). The van der Waals surface area contributed by atoms with Crippen LogP contribution in [0.3, 0.4) is 0 Å². The van der Waals surface area contributed by atoms with Crippen LogP contribution in [0.2, 0.25) is 0 Å². The number of carboxylic acid groups (broad SMARTS) is 1. The predicted octanol–water partition coefficient (Wildman–Crippen LogP) is 0.527. The van der Waals surface area contributed by atoms with E-state index in [2.05, 4.69) is 5.32 Å². The van der Waals surface area contributed by atoms with Crippen molar-refractivity contribution in [2.24, 2.45) is 5.92 Å². The molecule has 0 aromatic heterocycles. The normalized spacial score (nSPS) is 21.3. The number of carbonyl (C=O) groups is 2. The Morgan fingerprint density at radius 2 is 2.29 bits per heavy atom. The first-order valence-corrected chi connectivity index (χ1v) is 5.85. The smallest absolute Gasteiger partial charge is 0.326 e. The quantitative estimate of drug-likeness (QED) is 0.739. The van der Waals surface area contributed by atoms with Crippen LogP contribution in [0.1, 0.15) is 19.8 Å². The largest absolute Gasteiger partial charge is 0.480 e. The van der Waals surface area contributed by atoms with E-state index in [1.807, 2.05) is 0 Å². The van der Waals surface area contributed by atoms with Gasteiger partial charge in [-0.05, 0) is 12.8 Å². The second-order valence-corrected chi connectivity index (χ2v) is 4.30. The summed E-state index contributed by atoms with van der Waals surface area (Å²) in [5.74, 6) is -0.635. The number of hydrogen-bond donors (Lipinski definition) is 2. The summed E-state index contributed by atoms with van der Waals surface area (Å²) >= 11 is 0. The van der Waals surface area contributed by atoms with Crippen molar-refractivity contribution < 1.29 is 19.4 Å². The second-order valence-electron chi connectivity index (χ2n) is 4.30. The van der Waals surface area contributed by atoms with Crippen LogP contribution >= 0.6 is 0 Å². The van der Waals surface area contributed by atoms with Gasteiger partial charge in [-0.1, -0.05) is 6.92 Å². The fourth-order valence-corrected chi connectivity index (χ4v) is 1.97. The molecule has 17 heavy (non-hydrogen) atoms. The Kier molecular flexibility index (Phi) is 5.21. The van der Waals surface area contributed by atoms with Crippen molar-refractivity contribution >= 4 is 12.0 Å². The fourth-order valence-electron chi connectivity index (χ4n) is 1.97. The highest BCUT2D eigenvalue weighted by molar-refractivity contribution is 5.82. The monoisotopic (exact) mass is 244 g/mol. The molecule has 2 atom stereocenters. The van der Waals surface area contributed by atoms with E-state index in [4.69, 9.17) is 9.84 Å². The molecule has 6 heteroatoms. The number of carboxylic acids is 1. The third-order valence-electron chi connectivity index (χ3n) is 2.98. The maximum Gasteiger partial charge on any atom is 0.326 e. The SMILES string of the molecule is CCC(NC(=O)N1CCC(COC)C1)C(=O)O. The van der Waals surface area contributed by atoms with Gasteiger partial charge in [0.05, 0.1) is 6.61 Å². The maximum absolute atomic E-state index is 11.8. The van der Waals surface area contributed by atoms with Crippen LogP contribution < -0.4 is 5.32 Å². The second kappa shape index (κ2) is 6.44. The first-order chi connectivity index (χ1) is 8.08. The van der Waals surface area contributed by atoms with Crippen molar-refractivity contribution in [1.29, 1.82) is 0 Å². The number of nitrogens with zero attached hydrogens (tertiary/aromatic N) is 1. The number of amides is 2. The van der Waals surface area contributed by atoms with Gasteiger partial charge in [-0.3, -0.25) is 0 Å². The van der Waals surface area contributed by atoms with Gasteiger partial charge in [0.25, 0.3) is 0 Å². The van der Waals surface area contributed by atoms with Gasteiger partial charge >= 0.3 is 12.0 Å². The predicted molar refractivity (Wildman–Crippen MR) is 61.8 cm³/mol. The number of aliphatic carboxylic acids is 1. The molecule has 2 unspecified atom stereocenters. The third-order valence-corrected chi connectivity index (χ3v) is 2.98. The lowest BCUT2D eigenvalue weighted by Gasteiger charge is -2.20. The Balaban J connectivity index is 2.41. The summed E-state index contributed by atoms with van der Waals surface area (Å²) in [6.07, 6.45) is 1.29. The van der Waals surface area contributed by atoms with Gasteiger partial charge in [0.15, 0.2) is 0 Å². The number of ether oxygens (including phenoxy) is 1. The fraction of sp³-hybridized carbons (Fsp3) is 0.818. The standard InChI is InChI=1S/C11H20N2O4/c1-3-9(10(14)15)12-11(16)13-5-4-8(6-13)7-17-2/h8-9H,3-7H2,1-2H3,(H,12,16)(H,14,15). The molecule has 0 spiro atoms. The first-order valence-electron chi connectivity index (χ1n) is 5.85. The number of carbonyl (C=O) groups excluding carboxylic acids is 1. The summed E-state index contributed by atoms with van der Waals surface area (Å²) in [6.45, 7) is 3.67. The van der Waals surface area contributed by atoms with E-state index in [1.54, 1.807) is 18.9 Å². The van der Waals surface area contributed by atoms with Crippen LogP contribution in [-0.4, -0.2) is 54.9 Å². The van der Waals surface area contributed by atoms with Crippen molar-refractivity contribution in [1.82, 2.24) is 10.2 Å². The molecule has 1 saturated heterocycles. The number of nitrogens with one attached hydrogen (secondary N) is 1. The lowest BCUT2D eigenvalue weighted by Crippen LogP contribution is -2.47. The third kappa shape index (κ3) is 3.89. The summed E-state index contributed by atoms with van der Waals surface area (Å²) in [5, 5.41) is 11.4. The van der Waals surface area contributed by atoms with Crippen LogP contribution in [0.15, 0.2) is 0 Å². The van der Waals surface area contributed by atoms with Gasteiger partial charge in [-0.15, -0.1) is 0 Å². The van der Waals surface area contributed by atoms with Crippen LogP contribution in [0.25, 0.3) is 0 Å². The van der Waals surface area contributed by atoms with Crippen LogP contribution in [-0.2, 0) is 9.53 Å². The average molecular weight is 244 g/mol. The molecule has 6 nitrogen and oxygen atoms in total. The molecule has 2 amide bonds. The zero-order valence-electron chi connectivity index (χ0n) is 10.3. The summed E-state index contributed by atoms with van der Waals surface area (Å²) in [6, 6.07) is -1.10. The molecule has 1 heterocycles. The van der Waals surface area contributed by atoms with Gasteiger partial charge in [-0.25, -0.2) is 9.59 Å². The van der Waals surface area contributed by atoms with Crippen molar-refractivity contribution in [2.45, 2.75) is 25.8 Å². The highest BCUT2D eigenvalue weighted by atomic mass is 16.5. The highest BCUT2D eigenvalue weighted by Crippen LogP contribution is 2.16. The van der Waals surface area contributed by atoms with Crippen molar-refractivity contribution in [3.8, 4) is 0 Å². The van der Waals surface area contributed by atoms with E-state index < -0.39 is 12.0 Å². The van der Waals surface area contributed by atoms with Gasteiger partial charge in [0.2, 0.25) is 0 Å². The average Bonchev–Trinajstić information content (AvgIpc) is 2.74. The van der Waals surface area contributed by atoms with Gasteiger partial charge in [-0.2, -0.15) is 0 Å². The van der Waals surface area contributed by atoms with E-state index in [0.29, 0.717) is 32.0 Å². The van der Waals surface area contributed by atoms with E-state index in [9.17, 15) is 9.59 Å². The Bertz CT molecular complexity index is 283. The zero-order chi connectivity index (χ0) is 12.8. The molecule has 1 aliphatic rings. The molecule has 0 aliphatic carbocycles. The molecular weight excluding hydrogens is 224 g/mol. The molecule has 0 saturated carbocycles. The topological polar surface area (TPSA) is 78.9 Å². The first kappa shape index (κ1) is 13.8. The Morgan fingerprint density at radius 1 is 1.59 bits per heavy atom. The van der Waals surface area contributed by atoms with Gasteiger partial charge in [0.1, 0.15) is 6.04 Å². The minimum atomic E-state index is -0.992.